The van der Waals surface area contributed by atoms with Crippen LogP contribution in [0.15, 0.2) is 30.7 Å². The molecule has 5 heteroatoms. The summed E-state index contributed by atoms with van der Waals surface area (Å²) in [6.45, 7) is 1.66. The molecule has 78 valence electrons. The summed E-state index contributed by atoms with van der Waals surface area (Å²) in [4.78, 5) is 4.06. The Hall–Kier alpha value is -1.75. The van der Waals surface area contributed by atoms with Crippen LogP contribution in [0, 0.1) is 5.82 Å². The summed E-state index contributed by atoms with van der Waals surface area (Å²) in [6, 6.07) is 3.40. The Labute approximate surface area is 86.0 Å². The minimum Gasteiger partial charge on any atom is -0.389 e. The van der Waals surface area contributed by atoms with Crippen molar-refractivity contribution in [2.75, 3.05) is 0 Å². The highest BCUT2D eigenvalue weighted by molar-refractivity contribution is 5.25. The summed E-state index contributed by atoms with van der Waals surface area (Å²) in [6.07, 6.45) is 3.34. The highest BCUT2D eigenvalue weighted by atomic mass is 19.1. The molecule has 1 unspecified atom stereocenters. The summed E-state index contributed by atoms with van der Waals surface area (Å²) in [7, 11) is 0. The number of rotatable bonds is 2. The van der Waals surface area contributed by atoms with Crippen LogP contribution in [0.25, 0.3) is 5.82 Å². The van der Waals surface area contributed by atoms with Crippen molar-refractivity contribution in [1.82, 2.24) is 14.8 Å². The van der Waals surface area contributed by atoms with Gasteiger partial charge in [0.2, 0.25) is 0 Å². The molecule has 1 N–H and O–H groups in total. The summed E-state index contributed by atoms with van der Waals surface area (Å²) < 4.78 is 14.0. The molecule has 0 amide bonds. The monoisotopic (exact) mass is 207 g/mol. The van der Waals surface area contributed by atoms with Crippen molar-refractivity contribution in [3.8, 4) is 5.82 Å². The standard InChI is InChI=1S/C10H10FN3O/c1-7(15)8-2-3-10(12-4-8)14-6-9(11)5-13-14/h2-7,15H,1H3. The lowest BCUT2D eigenvalue weighted by atomic mass is 10.2. The van der Waals surface area contributed by atoms with Crippen LogP contribution in [0.3, 0.4) is 0 Å². The zero-order valence-electron chi connectivity index (χ0n) is 8.13. The molecule has 2 aromatic heterocycles. The van der Waals surface area contributed by atoms with Gasteiger partial charge in [-0.05, 0) is 18.6 Å². The van der Waals surface area contributed by atoms with E-state index in [2.05, 4.69) is 10.1 Å². The fourth-order valence-electron chi connectivity index (χ4n) is 1.21. The number of pyridine rings is 1. The van der Waals surface area contributed by atoms with E-state index in [1.54, 1.807) is 25.3 Å². The molecule has 0 aliphatic rings. The van der Waals surface area contributed by atoms with E-state index in [9.17, 15) is 9.50 Å². The van der Waals surface area contributed by atoms with E-state index < -0.39 is 11.9 Å². The second kappa shape index (κ2) is 3.78. The van der Waals surface area contributed by atoms with Crippen LogP contribution in [0.1, 0.15) is 18.6 Å². The maximum atomic E-state index is 12.7. The van der Waals surface area contributed by atoms with Gasteiger partial charge in [-0.15, -0.1) is 0 Å². The first-order chi connectivity index (χ1) is 7.16. The molecule has 0 fully saturated rings. The van der Waals surface area contributed by atoms with Gasteiger partial charge in [-0.1, -0.05) is 6.07 Å². The van der Waals surface area contributed by atoms with Crippen molar-refractivity contribution >= 4 is 0 Å². The quantitative estimate of drug-likeness (QED) is 0.811. The van der Waals surface area contributed by atoms with Crippen molar-refractivity contribution < 1.29 is 9.50 Å². The third kappa shape index (κ3) is 2.02. The first kappa shape index (κ1) is 9.79. The van der Waals surface area contributed by atoms with Crippen LogP contribution in [0.5, 0.6) is 0 Å². The van der Waals surface area contributed by atoms with Gasteiger partial charge in [-0.25, -0.2) is 14.1 Å². The van der Waals surface area contributed by atoms with E-state index >= 15 is 0 Å². The summed E-state index contributed by atoms with van der Waals surface area (Å²) >= 11 is 0. The van der Waals surface area contributed by atoms with Gasteiger partial charge in [-0.3, -0.25) is 0 Å². The lowest BCUT2D eigenvalue weighted by Gasteiger charge is -2.04. The summed E-state index contributed by atoms with van der Waals surface area (Å²) in [5, 5.41) is 13.0. The number of aliphatic hydroxyl groups excluding tert-OH is 1. The Morgan fingerprint density at radius 3 is 2.67 bits per heavy atom. The fraction of sp³-hybridized carbons (Fsp3) is 0.200. The largest absolute Gasteiger partial charge is 0.389 e. The normalized spacial score (nSPS) is 12.7. The van der Waals surface area contributed by atoms with E-state index in [4.69, 9.17) is 0 Å². The van der Waals surface area contributed by atoms with Gasteiger partial charge in [0.1, 0.15) is 0 Å². The van der Waals surface area contributed by atoms with Crippen molar-refractivity contribution in [1.29, 1.82) is 0 Å². The molecule has 15 heavy (non-hydrogen) atoms. The third-order valence-corrected chi connectivity index (χ3v) is 2.04. The van der Waals surface area contributed by atoms with Crippen molar-refractivity contribution in [3.05, 3.63) is 42.1 Å². The Kier molecular flexibility index (Phi) is 2.47. The van der Waals surface area contributed by atoms with Crippen LogP contribution in [-0.2, 0) is 0 Å². The molecule has 0 aliphatic heterocycles. The van der Waals surface area contributed by atoms with E-state index in [0.717, 1.165) is 6.20 Å². The molecule has 2 heterocycles. The van der Waals surface area contributed by atoms with Crippen molar-refractivity contribution in [3.63, 3.8) is 0 Å². The Bertz CT molecular complexity index is 450. The van der Waals surface area contributed by atoms with Crippen LogP contribution >= 0.6 is 0 Å². The zero-order valence-corrected chi connectivity index (χ0v) is 8.13. The number of hydrogen-bond acceptors (Lipinski definition) is 3. The maximum absolute atomic E-state index is 12.7. The molecule has 2 rings (SSSR count). The molecule has 0 spiro atoms. The van der Waals surface area contributed by atoms with Crippen LogP contribution in [0.2, 0.25) is 0 Å². The Morgan fingerprint density at radius 2 is 2.20 bits per heavy atom. The molecular formula is C10H10FN3O. The molecule has 0 aromatic carbocycles. The van der Waals surface area contributed by atoms with Gasteiger partial charge in [0.15, 0.2) is 11.6 Å². The van der Waals surface area contributed by atoms with Crippen LogP contribution < -0.4 is 0 Å². The molecule has 1 atom stereocenters. The van der Waals surface area contributed by atoms with Gasteiger partial charge in [0.05, 0.1) is 18.5 Å². The Balaban J connectivity index is 2.31. The highest BCUT2D eigenvalue weighted by Gasteiger charge is 2.04. The molecule has 4 nitrogen and oxygen atoms in total. The average molecular weight is 207 g/mol. The van der Waals surface area contributed by atoms with Crippen molar-refractivity contribution in [2.45, 2.75) is 13.0 Å². The fourth-order valence-corrected chi connectivity index (χ4v) is 1.21. The average Bonchev–Trinajstić information content (AvgIpc) is 2.65. The third-order valence-electron chi connectivity index (χ3n) is 2.04. The minimum absolute atomic E-state index is 0.406. The van der Waals surface area contributed by atoms with Gasteiger partial charge in [0, 0.05) is 6.20 Å². The maximum Gasteiger partial charge on any atom is 0.161 e. The smallest absolute Gasteiger partial charge is 0.161 e. The topological polar surface area (TPSA) is 50.9 Å². The lowest BCUT2D eigenvalue weighted by molar-refractivity contribution is 0.199. The van der Waals surface area contributed by atoms with Gasteiger partial charge in [0.25, 0.3) is 0 Å². The highest BCUT2D eigenvalue weighted by Crippen LogP contribution is 2.12. The van der Waals surface area contributed by atoms with E-state index in [1.165, 1.54) is 10.9 Å². The predicted molar refractivity (Wildman–Crippen MR) is 52.0 cm³/mol. The van der Waals surface area contributed by atoms with Gasteiger partial charge in [-0.2, -0.15) is 5.10 Å². The molecule has 2 aromatic rings. The zero-order chi connectivity index (χ0) is 10.8. The molecule has 0 aliphatic carbocycles. The number of aromatic nitrogens is 3. The molecular weight excluding hydrogens is 197 g/mol. The lowest BCUT2D eigenvalue weighted by Crippen LogP contribution is -1.99. The van der Waals surface area contributed by atoms with E-state index in [-0.39, 0.29) is 0 Å². The predicted octanol–water partition coefficient (Wildman–Crippen LogP) is 1.46. The molecule has 0 radical (unpaired) electrons. The van der Waals surface area contributed by atoms with Gasteiger partial charge < -0.3 is 5.11 Å². The minimum atomic E-state index is -0.555. The molecule has 0 saturated carbocycles. The summed E-state index contributed by atoms with van der Waals surface area (Å²) in [5.41, 5.74) is 0.714. The SMILES string of the molecule is CC(O)c1ccc(-n2cc(F)cn2)nc1. The van der Waals surface area contributed by atoms with Crippen molar-refractivity contribution in [2.24, 2.45) is 0 Å². The van der Waals surface area contributed by atoms with Gasteiger partial charge >= 0.3 is 0 Å². The number of halogens is 1. The first-order valence-corrected chi connectivity index (χ1v) is 4.51. The van der Waals surface area contributed by atoms with Crippen LogP contribution in [0.4, 0.5) is 4.39 Å². The molecule has 0 bridgehead atoms. The second-order valence-electron chi connectivity index (χ2n) is 3.23. The number of aliphatic hydroxyl groups is 1. The first-order valence-electron chi connectivity index (χ1n) is 4.51. The number of hydrogen-bond donors (Lipinski definition) is 1. The number of nitrogens with zero attached hydrogens (tertiary/aromatic N) is 3. The van der Waals surface area contributed by atoms with E-state index in [0.29, 0.717) is 11.4 Å². The second-order valence-corrected chi connectivity index (χ2v) is 3.23. The Morgan fingerprint density at radius 1 is 1.40 bits per heavy atom. The van der Waals surface area contributed by atoms with Crippen LogP contribution in [-0.4, -0.2) is 19.9 Å². The summed E-state index contributed by atoms with van der Waals surface area (Å²) in [5.74, 6) is 0.111. The van der Waals surface area contributed by atoms with E-state index in [1.807, 2.05) is 0 Å². The molecule has 0 saturated heterocycles.